The van der Waals surface area contributed by atoms with Crippen LogP contribution in [0.5, 0.6) is 0 Å². The van der Waals surface area contributed by atoms with E-state index >= 15 is 0 Å². The van der Waals surface area contributed by atoms with Crippen LogP contribution in [0.1, 0.15) is 103 Å². The Hall–Kier alpha value is -8.46. The van der Waals surface area contributed by atoms with Crippen molar-refractivity contribution in [3.05, 3.63) is 254 Å². The highest BCUT2D eigenvalue weighted by Crippen LogP contribution is 2.65. The molecular weight excluding hydrogens is 989 g/mol. The van der Waals surface area contributed by atoms with E-state index in [2.05, 4.69) is 294 Å². The van der Waals surface area contributed by atoms with Crippen LogP contribution in [0.4, 0.5) is 22.7 Å². The number of benzene rings is 11. The van der Waals surface area contributed by atoms with Gasteiger partial charge in [0.15, 0.2) is 0 Å². The highest BCUT2D eigenvalue weighted by molar-refractivity contribution is 6.22. The molecular formula is C80H72N2. The number of nitrogens with zero attached hydrogens (tertiary/aromatic N) is 2. The SMILES string of the molecule is CC1(C)CCCC2c3cc(-c4ccc5c(-c6ccc(-c7ccccc7)cc6)c6cc(-c7ccc8c(c7)C7CCCC(C)(C)C7(C)N8c7ccccc7)ccc6c(-c6ccc(-c7ccccc7)cc6)c5c4)ccc3N(c3ccccc3)C21C. The fourth-order valence-electron chi connectivity index (χ4n) is 16.4. The zero-order valence-electron chi connectivity index (χ0n) is 48.4. The van der Waals surface area contributed by atoms with Gasteiger partial charge in [-0.2, -0.15) is 0 Å². The van der Waals surface area contributed by atoms with Gasteiger partial charge in [-0.3, -0.25) is 0 Å². The summed E-state index contributed by atoms with van der Waals surface area (Å²) in [5.74, 6) is 0.836. The number of hydrogen-bond donors (Lipinski definition) is 0. The lowest BCUT2D eigenvalue weighted by molar-refractivity contribution is 0.101. The van der Waals surface area contributed by atoms with Crippen LogP contribution in [0, 0.1) is 10.8 Å². The Morgan fingerprint density at radius 2 is 0.598 bits per heavy atom. The molecule has 0 amide bonds. The molecule has 11 aromatic carbocycles. The molecule has 0 spiro atoms. The maximum absolute atomic E-state index is 2.71. The zero-order chi connectivity index (χ0) is 55.5. The summed E-state index contributed by atoms with van der Waals surface area (Å²) in [4.78, 5) is 5.41. The minimum atomic E-state index is -0.0611. The molecule has 2 aliphatic carbocycles. The van der Waals surface area contributed by atoms with E-state index < -0.39 is 0 Å². The van der Waals surface area contributed by atoms with Gasteiger partial charge in [0.2, 0.25) is 0 Å². The molecule has 11 aromatic rings. The largest absolute Gasteiger partial charge is 0.334 e. The van der Waals surface area contributed by atoms with Crippen molar-refractivity contribution in [1.29, 1.82) is 0 Å². The summed E-state index contributed by atoms with van der Waals surface area (Å²) < 4.78 is 0. The average Bonchev–Trinajstić information content (AvgIpc) is 2.15. The number of fused-ring (bicyclic) bond motifs is 8. The Bertz CT molecular complexity index is 3960. The summed E-state index contributed by atoms with van der Waals surface area (Å²) in [5.41, 5.74) is 23.3. The molecule has 2 nitrogen and oxygen atoms in total. The second kappa shape index (κ2) is 19.1. The molecule has 2 saturated carbocycles. The number of rotatable bonds is 8. The third-order valence-electron chi connectivity index (χ3n) is 21.3. The van der Waals surface area contributed by atoms with Gasteiger partial charge in [0.25, 0.3) is 0 Å². The predicted octanol–water partition coefficient (Wildman–Crippen LogP) is 22.4. The molecule has 2 heteroatoms. The highest BCUT2D eigenvalue weighted by Gasteiger charge is 2.60. The van der Waals surface area contributed by atoms with Crippen LogP contribution >= 0.6 is 0 Å². The van der Waals surface area contributed by atoms with Crippen LogP contribution in [-0.4, -0.2) is 11.1 Å². The van der Waals surface area contributed by atoms with Gasteiger partial charge in [0.1, 0.15) is 0 Å². The highest BCUT2D eigenvalue weighted by atomic mass is 15.3. The van der Waals surface area contributed by atoms with E-state index in [4.69, 9.17) is 0 Å². The molecule has 402 valence electrons. The summed E-state index contributed by atoms with van der Waals surface area (Å²) in [6.45, 7) is 15.1. The van der Waals surface area contributed by atoms with Crippen molar-refractivity contribution in [1.82, 2.24) is 0 Å². The van der Waals surface area contributed by atoms with Crippen molar-refractivity contribution >= 4 is 44.3 Å². The molecule has 2 aliphatic heterocycles. The van der Waals surface area contributed by atoms with Crippen molar-refractivity contribution in [2.75, 3.05) is 9.80 Å². The van der Waals surface area contributed by atoms with Gasteiger partial charge in [-0.05, 0) is 210 Å². The maximum atomic E-state index is 2.71. The minimum absolute atomic E-state index is 0.0611. The van der Waals surface area contributed by atoms with Crippen LogP contribution < -0.4 is 9.80 Å². The maximum Gasteiger partial charge on any atom is 0.0543 e. The standard InChI is InChI=1S/C80H72N2/c1-77(2)47-19-29-71-69-51-61(41-45-73(69)81(79(71,77)5)63-25-15-9-16-26-63)59-39-43-65-67(49-59)75(57-35-31-55(32-36-57)53-21-11-7-12-22-53)66-44-40-60(50-68(66)76(65)58-37-33-56(34-38-58)54-23-13-8-14-24-54)62-42-46-74-70(52-62)72-30-20-48-78(3,4)80(72,6)82(74)64-27-17-10-18-28-64/h7-18,21-28,31-46,49-52,71-72H,19-20,29-30,47-48H2,1-6H3. The Kier molecular flexibility index (Phi) is 11.7. The summed E-state index contributed by atoms with van der Waals surface area (Å²) in [6, 6.07) is 92.3. The van der Waals surface area contributed by atoms with Crippen LogP contribution in [0.15, 0.2) is 243 Å². The number of hydrogen-bond acceptors (Lipinski definition) is 2. The Morgan fingerprint density at radius 1 is 0.293 bits per heavy atom. The molecule has 15 rings (SSSR count). The van der Waals surface area contributed by atoms with E-state index in [1.807, 2.05) is 0 Å². The molecule has 0 saturated heterocycles. The first kappa shape index (κ1) is 50.5. The van der Waals surface area contributed by atoms with E-state index in [1.54, 1.807) is 0 Å². The van der Waals surface area contributed by atoms with Crippen molar-refractivity contribution < 1.29 is 0 Å². The third kappa shape index (κ3) is 7.66. The summed E-state index contributed by atoms with van der Waals surface area (Å²) in [5, 5.41) is 5.04. The number of para-hydroxylation sites is 2. The summed E-state index contributed by atoms with van der Waals surface area (Å²) in [6.07, 6.45) is 7.30. The average molecular weight is 1060 g/mol. The molecule has 4 atom stereocenters. The first-order chi connectivity index (χ1) is 39.9. The van der Waals surface area contributed by atoms with Gasteiger partial charge < -0.3 is 9.80 Å². The van der Waals surface area contributed by atoms with E-state index in [0.717, 1.165) is 0 Å². The molecule has 0 aromatic heterocycles. The fourth-order valence-corrected chi connectivity index (χ4v) is 16.4. The Balaban J connectivity index is 0.949. The molecule has 4 aliphatic rings. The smallest absolute Gasteiger partial charge is 0.0543 e. The van der Waals surface area contributed by atoms with Crippen LogP contribution in [-0.2, 0) is 0 Å². The number of anilines is 4. The van der Waals surface area contributed by atoms with Gasteiger partial charge in [-0.15, -0.1) is 0 Å². The van der Waals surface area contributed by atoms with E-state index in [9.17, 15) is 0 Å². The van der Waals surface area contributed by atoms with E-state index in [1.165, 1.54) is 161 Å². The molecule has 2 fully saturated rings. The molecule has 82 heavy (non-hydrogen) atoms. The summed E-state index contributed by atoms with van der Waals surface area (Å²) in [7, 11) is 0. The van der Waals surface area contributed by atoms with Crippen molar-refractivity contribution in [3.63, 3.8) is 0 Å². The molecule has 2 heterocycles. The second-order valence-corrected chi connectivity index (χ2v) is 26.0. The molecule has 0 bridgehead atoms. The van der Waals surface area contributed by atoms with Gasteiger partial charge in [-0.25, -0.2) is 0 Å². The molecule has 0 radical (unpaired) electrons. The van der Waals surface area contributed by atoms with Gasteiger partial charge in [0, 0.05) is 34.6 Å². The van der Waals surface area contributed by atoms with Gasteiger partial charge in [-0.1, -0.05) is 223 Å². The van der Waals surface area contributed by atoms with Crippen LogP contribution in [0.3, 0.4) is 0 Å². The lowest BCUT2D eigenvalue weighted by atomic mass is 9.58. The zero-order valence-corrected chi connectivity index (χ0v) is 48.4. The van der Waals surface area contributed by atoms with Crippen molar-refractivity contribution in [2.45, 2.75) is 103 Å². The Morgan fingerprint density at radius 3 is 0.976 bits per heavy atom. The first-order valence-corrected chi connectivity index (χ1v) is 30.3. The minimum Gasteiger partial charge on any atom is -0.334 e. The monoisotopic (exact) mass is 1060 g/mol. The topological polar surface area (TPSA) is 6.48 Å². The third-order valence-corrected chi connectivity index (χ3v) is 21.3. The van der Waals surface area contributed by atoms with Gasteiger partial charge in [0.05, 0.1) is 11.1 Å². The lowest BCUT2D eigenvalue weighted by Crippen LogP contribution is -2.56. The van der Waals surface area contributed by atoms with Crippen LogP contribution in [0.25, 0.3) is 88.3 Å². The lowest BCUT2D eigenvalue weighted by Gasteiger charge is -2.55. The summed E-state index contributed by atoms with van der Waals surface area (Å²) >= 11 is 0. The van der Waals surface area contributed by atoms with Crippen molar-refractivity contribution in [2.24, 2.45) is 10.8 Å². The van der Waals surface area contributed by atoms with Crippen LogP contribution in [0.2, 0.25) is 0 Å². The molecule has 0 N–H and O–H groups in total. The van der Waals surface area contributed by atoms with Crippen molar-refractivity contribution in [3.8, 4) is 66.8 Å². The normalized spacial score (nSPS) is 21.2. The fraction of sp³-hybridized carbons (Fsp3) is 0.225. The predicted molar refractivity (Wildman–Crippen MR) is 349 cm³/mol. The first-order valence-electron chi connectivity index (χ1n) is 30.3. The van der Waals surface area contributed by atoms with E-state index in [0.29, 0.717) is 11.8 Å². The second-order valence-electron chi connectivity index (χ2n) is 26.0. The Labute approximate surface area is 485 Å². The quantitative estimate of drug-likeness (QED) is 0.140. The van der Waals surface area contributed by atoms with Gasteiger partial charge >= 0.3 is 0 Å². The van der Waals surface area contributed by atoms with E-state index in [-0.39, 0.29) is 21.9 Å². The molecule has 4 unspecified atom stereocenters.